The highest BCUT2D eigenvalue weighted by Gasteiger charge is 2.24. The van der Waals surface area contributed by atoms with Gasteiger partial charge >= 0.3 is 5.97 Å². The number of carbonyl (C=O) groups excluding carboxylic acids is 2. The zero-order valence-electron chi connectivity index (χ0n) is 21.3. The lowest BCUT2D eigenvalue weighted by Gasteiger charge is -2.16. The molecule has 15 heteroatoms. The molecule has 41 heavy (non-hydrogen) atoms. The molecule has 3 N–H and O–H groups in total. The molecular weight excluding hydrogens is 563 g/mol. The number of esters is 1. The highest BCUT2D eigenvalue weighted by Crippen LogP contribution is 2.29. The van der Waals surface area contributed by atoms with Gasteiger partial charge in [-0.05, 0) is 55.5 Å². The molecule has 3 aromatic carbocycles. The van der Waals surface area contributed by atoms with Crippen molar-refractivity contribution in [3.8, 4) is 5.75 Å². The van der Waals surface area contributed by atoms with E-state index in [0.29, 0.717) is 0 Å². The standard InChI is InChI=1S/C26H21FN4O9S/c1-14(25(33)29-22-11-17(31(35)36)7-10-23(22)39-2)40-26(34)20-13-24(32)28-21-9-8-18(12-19(20)21)41(37,38)30-16-5-3-15(27)4-6-16/h3-14,30H,1-2H3,(H,28,32)(H,29,33)/t14-/m0/s1. The second kappa shape index (κ2) is 11.4. The molecule has 13 nitrogen and oxygen atoms in total. The van der Waals surface area contributed by atoms with Crippen molar-refractivity contribution in [1.82, 2.24) is 4.98 Å². The number of amides is 1. The number of aromatic amines is 1. The molecular formula is C26H21FN4O9S. The number of sulfonamides is 1. The first kappa shape index (κ1) is 28.7. The number of halogens is 1. The summed E-state index contributed by atoms with van der Waals surface area (Å²) in [5, 5.41) is 13.5. The summed E-state index contributed by atoms with van der Waals surface area (Å²) in [6, 6.07) is 12.6. The van der Waals surface area contributed by atoms with E-state index in [9.17, 15) is 37.3 Å². The highest BCUT2D eigenvalue weighted by molar-refractivity contribution is 7.92. The number of carbonyl (C=O) groups is 2. The largest absolute Gasteiger partial charge is 0.495 e. The van der Waals surface area contributed by atoms with Gasteiger partial charge in [0.25, 0.3) is 21.6 Å². The fourth-order valence-electron chi connectivity index (χ4n) is 3.72. The fourth-order valence-corrected chi connectivity index (χ4v) is 4.80. The Bertz CT molecular complexity index is 1840. The lowest BCUT2D eigenvalue weighted by atomic mass is 10.1. The maximum Gasteiger partial charge on any atom is 0.339 e. The number of hydrogen-bond donors (Lipinski definition) is 3. The number of aromatic nitrogens is 1. The first-order chi connectivity index (χ1) is 19.4. The smallest absolute Gasteiger partial charge is 0.339 e. The highest BCUT2D eigenvalue weighted by atomic mass is 32.2. The van der Waals surface area contributed by atoms with Gasteiger partial charge in [0.15, 0.2) is 6.10 Å². The van der Waals surface area contributed by atoms with Gasteiger partial charge < -0.3 is 19.8 Å². The Morgan fingerprint density at radius 3 is 2.41 bits per heavy atom. The molecule has 1 heterocycles. The predicted molar refractivity (Wildman–Crippen MR) is 145 cm³/mol. The summed E-state index contributed by atoms with van der Waals surface area (Å²) >= 11 is 0. The molecule has 1 atom stereocenters. The van der Waals surface area contributed by atoms with E-state index in [-0.39, 0.29) is 44.2 Å². The van der Waals surface area contributed by atoms with E-state index in [1.807, 2.05) is 0 Å². The topological polar surface area (TPSA) is 187 Å². The minimum Gasteiger partial charge on any atom is -0.495 e. The Balaban J connectivity index is 1.60. The number of H-pyrrole nitrogens is 1. The number of ether oxygens (including phenoxy) is 2. The van der Waals surface area contributed by atoms with Crippen LogP contribution in [0.15, 0.2) is 76.4 Å². The van der Waals surface area contributed by atoms with Crippen molar-refractivity contribution in [1.29, 1.82) is 0 Å². The Kier molecular flexibility index (Phi) is 8.00. The van der Waals surface area contributed by atoms with Crippen LogP contribution in [0.5, 0.6) is 5.75 Å². The van der Waals surface area contributed by atoms with Gasteiger partial charge in [-0.1, -0.05) is 0 Å². The van der Waals surface area contributed by atoms with E-state index < -0.39 is 44.3 Å². The molecule has 0 aliphatic heterocycles. The number of nitrogens with one attached hydrogen (secondary N) is 3. The quantitative estimate of drug-likeness (QED) is 0.150. The Labute approximate surface area is 231 Å². The van der Waals surface area contributed by atoms with E-state index in [4.69, 9.17) is 9.47 Å². The SMILES string of the molecule is COc1ccc([N+](=O)[O-])cc1NC(=O)[C@H](C)OC(=O)c1cc(=O)[nH]c2ccc(S(=O)(=O)Nc3ccc(F)cc3)cc12. The number of anilines is 2. The lowest BCUT2D eigenvalue weighted by Crippen LogP contribution is -2.30. The van der Waals surface area contributed by atoms with Crippen LogP contribution in [-0.4, -0.2) is 43.4 Å². The van der Waals surface area contributed by atoms with Gasteiger partial charge in [0.05, 0.1) is 28.2 Å². The molecule has 0 spiro atoms. The number of fused-ring (bicyclic) bond motifs is 1. The van der Waals surface area contributed by atoms with Crippen LogP contribution in [-0.2, 0) is 19.6 Å². The molecule has 1 amide bonds. The van der Waals surface area contributed by atoms with Crippen molar-refractivity contribution >= 4 is 49.9 Å². The number of nitrogens with zero attached hydrogens (tertiary/aromatic N) is 1. The maximum atomic E-state index is 13.2. The summed E-state index contributed by atoms with van der Waals surface area (Å²) < 4.78 is 51.7. The number of methoxy groups -OCH3 is 1. The third-order valence-corrected chi connectivity index (χ3v) is 7.12. The van der Waals surface area contributed by atoms with Crippen LogP contribution < -0.4 is 20.3 Å². The average Bonchev–Trinajstić information content (AvgIpc) is 2.93. The Hall–Kier alpha value is -5.31. The van der Waals surface area contributed by atoms with Crippen LogP contribution in [0.3, 0.4) is 0 Å². The van der Waals surface area contributed by atoms with Crippen LogP contribution >= 0.6 is 0 Å². The molecule has 212 valence electrons. The molecule has 4 aromatic rings. The van der Waals surface area contributed by atoms with Gasteiger partial charge in [0, 0.05) is 34.8 Å². The molecule has 0 aliphatic carbocycles. The zero-order valence-corrected chi connectivity index (χ0v) is 22.2. The third-order valence-electron chi connectivity index (χ3n) is 5.75. The van der Waals surface area contributed by atoms with Crippen molar-refractivity contribution in [3.05, 3.63) is 98.6 Å². The maximum absolute atomic E-state index is 13.2. The van der Waals surface area contributed by atoms with Crippen LogP contribution in [0.1, 0.15) is 17.3 Å². The van der Waals surface area contributed by atoms with Crippen molar-refractivity contribution in [2.45, 2.75) is 17.9 Å². The summed E-state index contributed by atoms with van der Waals surface area (Å²) in [4.78, 5) is 50.7. The van der Waals surface area contributed by atoms with Crippen molar-refractivity contribution in [2.75, 3.05) is 17.1 Å². The van der Waals surface area contributed by atoms with E-state index in [1.165, 1.54) is 50.4 Å². The fraction of sp³-hybridized carbons (Fsp3) is 0.115. The summed E-state index contributed by atoms with van der Waals surface area (Å²) in [7, 11) is -2.90. The van der Waals surface area contributed by atoms with Gasteiger partial charge in [-0.3, -0.25) is 24.4 Å². The van der Waals surface area contributed by atoms with Crippen LogP contribution in [0, 0.1) is 15.9 Å². The first-order valence-electron chi connectivity index (χ1n) is 11.7. The molecule has 0 aliphatic rings. The first-order valence-corrected chi connectivity index (χ1v) is 13.2. The molecule has 0 fully saturated rings. The number of pyridine rings is 1. The average molecular weight is 585 g/mol. The summed E-state index contributed by atoms with van der Waals surface area (Å²) in [5.41, 5.74) is -1.17. The molecule has 1 aromatic heterocycles. The number of nitro benzene ring substituents is 1. The molecule has 4 rings (SSSR count). The Morgan fingerprint density at radius 1 is 1.05 bits per heavy atom. The van der Waals surface area contributed by atoms with E-state index in [1.54, 1.807) is 0 Å². The van der Waals surface area contributed by atoms with E-state index >= 15 is 0 Å². The van der Waals surface area contributed by atoms with Crippen molar-refractivity contribution < 1.29 is 36.8 Å². The second-order valence-electron chi connectivity index (χ2n) is 8.55. The van der Waals surface area contributed by atoms with Crippen molar-refractivity contribution in [2.24, 2.45) is 0 Å². The van der Waals surface area contributed by atoms with Crippen LogP contribution in [0.2, 0.25) is 0 Å². The van der Waals surface area contributed by atoms with Gasteiger partial charge in [-0.15, -0.1) is 0 Å². The van der Waals surface area contributed by atoms with Gasteiger partial charge in [-0.25, -0.2) is 17.6 Å². The summed E-state index contributed by atoms with van der Waals surface area (Å²) in [5.74, 6) is -2.42. The van der Waals surface area contributed by atoms with Gasteiger partial charge in [0.1, 0.15) is 11.6 Å². The number of benzene rings is 3. The predicted octanol–water partition coefficient (Wildman–Crippen LogP) is 3.57. The van der Waals surface area contributed by atoms with Gasteiger partial charge in [-0.2, -0.15) is 0 Å². The van der Waals surface area contributed by atoms with Crippen LogP contribution in [0.25, 0.3) is 10.9 Å². The summed E-state index contributed by atoms with van der Waals surface area (Å²) in [6.07, 6.45) is -1.45. The monoisotopic (exact) mass is 584 g/mol. The Morgan fingerprint density at radius 2 is 1.76 bits per heavy atom. The number of non-ortho nitro benzene ring substituents is 1. The lowest BCUT2D eigenvalue weighted by molar-refractivity contribution is -0.384. The molecule has 0 saturated carbocycles. The molecule has 0 saturated heterocycles. The normalized spacial score (nSPS) is 11.9. The minimum absolute atomic E-state index is 0.00421. The molecule has 0 radical (unpaired) electrons. The van der Waals surface area contributed by atoms with Gasteiger partial charge in [0.2, 0.25) is 5.56 Å². The third kappa shape index (κ3) is 6.47. The number of rotatable bonds is 9. The zero-order chi connectivity index (χ0) is 29.9. The number of nitro groups is 1. The number of hydrogen-bond acceptors (Lipinski definition) is 9. The molecule has 0 bridgehead atoms. The van der Waals surface area contributed by atoms with Crippen molar-refractivity contribution in [3.63, 3.8) is 0 Å². The summed E-state index contributed by atoms with van der Waals surface area (Å²) in [6.45, 7) is 1.23. The van der Waals surface area contributed by atoms with E-state index in [0.717, 1.165) is 30.3 Å². The van der Waals surface area contributed by atoms with Crippen LogP contribution in [0.4, 0.5) is 21.5 Å². The minimum atomic E-state index is -4.20. The van der Waals surface area contributed by atoms with E-state index in [2.05, 4.69) is 15.0 Å². The second-order valence-corrected chi connectivity index (χ2v) is 10.2. The molecule has 0 unspecified atom stereocenters.